The Balaban J connectivity index is 3.01. The minimum absolute atomic E-state index is 0.386. The van der Waals surface area contributed by atoms with Gasteiger partial charge in [-0.1, -0.05) is 53.3 Å². The lowest BCUT2D eigenvalue weighted by molar-refractivity contribution is 1.03. The molecule has 0 saturated carbocycles. The molecule has 17 heavy (non-hydrogen) atoms. The van der Waals surface area contributed by atoms with Crippen LogP contribution in [0.3, 0.4) is 0 Å². The second-order valence-corrected chi connectivity index (χ2v) is 5.30. The van der Waals surface area contributed by atoms with Crippen molar-refractivity contribution in [2.45, 2.75) is 20.3 Å². The summed E-state index contributed by atoms with van der Waals surface area (Å²) in [6.07, 6.45) is 0.790. The number of nitrogens with zero attached hydrogens (tertiary/aromatic N) is 1. The fraction of sp³-hybridized carbons (Fsp3) is 0.250. The van der Waals surface area contributed by atoms with E-state index in [1.54, 1.807) is 6.07 Å². The predicted molar refractivity (Wildman–Crippen MR) is 75.9 cm³/mol. The first-order chi connectivity index (χ1) is 7.97. The van der Waals surface area contributed by atoms with Crippen molar-refractivity contribution in [3.05, 3.63) is 37.4 Å². The highest BCUT2D eigenvalue weighted by Gasteiger charge is 2.16. The van der Waals surface area contributed by atoms with Crippen molar-refractivity contribution in [3.63, 3.8) is 0 Å². The molecule has 1 aromatic carbocycles. The molecule has 1 aromatic heterocycles. The molecule has 0 saturated heterocycles. The predicted octanol–water partition coefficient (Wildman–Crippen LogP) is 5.72. The number of hydrogen-bond donors (Lipinski definition) is 0. The van der Waals surface area contributed by atoms with Crippen LogP contribution in [0.4, 0.5) is 0 Å². The number of pyridine rings is 1. The van der Waals surface area contributed by atoms with Gasteiger partial charge >= 0.3 is 0 Å². The zero-order chi connectivity index (χ0) is 12.7. The van der Waals surface area contributed by atoms with Crippen LogP contribution in [0.5, 0.6) is 0 Å². The van der Waals surface area contributed by atoms with Crippen LogP contribution in [0.15, 0.2) is 6.07 Å². The first-order valence-electron chi connectivity index (χ1n) is 5.09. The molecule has 90 valence electrons. The van der Waals surface area contributed by atoms with Crippen LogP contribution in [0.25, 0.3) is 10.9 Å². The summed E-state index contributed by atoms with van der Waals surface area (Å²) in [4.78, 5) is 4.50. The van der Waals surface area contributed by atoms with Crippen molar-refractivity contribution < 1.29 is 0 Å². The zero-order valence-electron chi connectivity index (χ0n) is 9.24. The van der Waals surface area contributed by atoms with Crippen molar-refractivity contribution in [1.29, 1.82) is 0 Å². The molecule has 2 rings (SSSR count). The van der Waals surface area contributed by atoms with E-state index in [1.165, 1.54) is 0 Å². The summed E-state index contributed by atoms with van der Waals surface area (Å²) in [5, 5.41) is 2.44. The molecule has 0 aliphatic carbocycles. The molecular weight excluding hydrogens is 300 g/mol. The van der Waals surface area contributed by atoms with E-state index in [0.29, 0.717) is 31.0 Å². The number of benzene rings is 1. The van der Waals surface area contributed by atoms with Crippen LogP contribution in [0, 0.1) is 6.92 Å². The highest BCUT2D eigenvalue weighted by molar-refractivity contribution is 6.50. The molecule has 0 aliphatic heterocycles. The van der Waals surface area contributed by atoms with Gasteiger partial charge in [0.2, 0.25) is 0 Å². The van der Waals surface area contributed by atoms with Gasteiger partial charge in [-0.25, -0.2) is 0 Å². The first kappa shape index (κ1) is 13.2. The zero-order valence-corrected chi connectivity index (χ0v) is 12.3. The van der Waals surface area contributed by atoms with E-state index in [9.17, 15) is 0 Å². The second-order valence-electron chi connectivity index (χ2n) is 3.73. The van der Waals surface area contributed by atoms with E-state index in [2.05, 4.69) is 4.98 Å². The number of aromatic nitrogens is 1. The van der Waals surface area contributed by atoms with Crippen LogP contribution >= 0.6 is 46.4 Å². The standard InChI is InChI=1S/C12H9Cl4N/c1-3-8-5(2)10(15)9-11(16)6(13)4-7(14)12(9)17-8/h4H,3H2,1-2H3. The Bertz CT molecular complexity index is 607. The van der Waals surface area contributed by atoms with Crippen molar-refractivity contribution in [2.75, 3.05) is 0 Å². The lowest BCUT2D eigenvalue weighted by atomic mass is 10.1. The Kier molecular flexibility index (Phi) is 3.74. The first-order valence-corrected chi connectivity index (χ1v) is 6.60. The molecule has 0 N–H and O–H groups in total. The Labute approximate surface area is 120 Å². The highest BCUT2D eigenvalue weighted by Crippen LogP contribution is 2.40. The van der Waals surface area contributed by atoms with Gasteiger partial charge in [0.1, 0.15) is 0 Å². The van der Waals surface area contributed by atoms with Gasteiger partial charge in [-0.15, -0.1) is 0 Å². The number of hydrogen-bond acceptors (Lipinski definition) is 1. The molecule has 1 nitrogen and oxygen atoms in total. The Morgan fingerprint density at radius 3 is 2.29 bits per heavy atom. The number of aryl methyl sites for hydroxylation is 1. The Morgan fingerprint density at radius 1 is 1.06 bits per heavy atom. The average molecular weight is 309 g/mol. The highest BCUT2D eigenvalue weighted by atomic mass is 35.5. The minimum atomic E-state index is 0.386. The maximum Gasteiger partial charge on any atom is 0.0922 e. The number of halogens is 4. The molecular formula is C12H9Cl4N. The van der Waals surface area contributed by atoms with Crippen molar-refractivity contribution in [1.82, 2.24) is 4.98 Å². The topological polar surface area (TPSA) is 12.9 Å². The van der Waals surface area contributed by atoms with Crippen LogP contribution in [-0.2, 0) is 6.42 Å². The van der Waals surface area contributed by atoms with Crippen LogP contribution < -0.4 is 0 Å². The molecule has 0 spiro atoms. The third-order valence-electron chi connectivity index (χ3n) is 2.71. The molecule has 0 aliphatic rings. The summed E-state index contributed by atoms with van der Waals surface area (Å²) < 4.78 is 0. The molecule has 5 heteroatoms. The molecule has 0 fully saturated rings. The van der Waals surface area contributed by atoms with Crippen LogP contribution in [0.2, 0.25) is 20.1 Å². The van der Waals surface area contributed by atoms with E-state index in [4.69, 9.17) is 46.4 Å². The summed E-state index contributed by atoms with van der Waals surface area (Å²) >= 11 is 24.6. The number of fused-ring (bicyclic) bond motifs is 1. The van der Waals surface area contributed by atoms with E-state index in [0.717, 1.165) is 17.7 Å². The summed E-state index contributed by atoms with van der Waals surface area (Å²) in [6.45, 7) is 3.93. The quantitative estimate of drug-likeness (QED) is 0.614. The van der Waals surface area contributed by atoms with Gasteiger partial charge in [-0.05, 0) is 25.0 Å². The van der Waals surface area contributed by atoms with Gasteiger partial charge in [0.25, 0.3) is 0 Å². The molecule has 2 aromatic rings. The molecule has 0 radical (unpaired) electrons. The Morgan fingerprint density at radius 2 is 1.71 bits per heavy atom. The van der Waals surface area contributed by atoms with Gasteiger partial charge in [0.15, 0.2) is 0 Å². The van der Waals surface area contributed by atoms with Crippen molar-refractivity contribution in [2.24, 2.45) is 0 Å². The van der Waals surface area contributed by atoms with Crippen LogP contribution in [0.1, 0.15) is 18.2 Å². The van der Waals surface area contributed by atoms with Gasteiger partial charge < -0.3 is 0 Å². The van der Waals surface area contributed by atoms with Gasteiger partial charge in [-0.2, -0.15) is 0 Å². The van der Waals surface area contributed by atoms with E-state index >= 15 is 0 Å². The lowest BCUT2D eigenvalue weighted by Crippen LogP contribution is -1.96. The minimum Gasteiger partial charge on any atom is -0.251 e. The van der Waals surface area contributed by atoms with Gasteiger partial charge in [0.05, 0.1) is 25.6 Å². The largest absolute Gasteiger partial charge is 0.251 e. The smallest absolute Gasteiger partial charge is 0.0922 e. The fourth-order valence-electron chi connectivity index (χ4n) is 1.77. The molecule has 0 amide bonds. The molecule has 1 heterocycles. The summed E-state index contributed by atoms with van der Waals surface area (Å²) in [7, 11) is 0. The Hall–Kier alpha value is -0.210. The molecule has 0 unspecified atom stereocenters. The van der Waals surface area contributed by atoms with Gasteiger partial charge in [-0.3, -0.25) is 4.98 Å². The second kappa shape index (κ2) is 4.81. The van der Waals surface area contributed by atoms with E-state index < -0.39 is 0 Å². The summed E-state index contributed by atoms with van der Waals surface area (Å²) in [6, 6.07) is 1.59. The lowest BCUT2D eigenvalue weighted by Gasteiger charge is -2.12. The normalized spacial score (nSPS) is 11.2. The van der Waals surface area contributed by atoms with Crippen molar-refractivity contribution in [3.8, 4) is 0 Å². The maximum absolute atomic E-state index is 6.32. The fourth-order valence-corrected chi connectivity index (χ4v) is 2.86. The summed E-state index contributed by atoms with van der Waals surface area (Å²) in [5.41, 5.74) is 2.44. The molecule has 0 bridgehead atoms. The maximum atomic E-state index is 6.32. The molecule has 0 atom stereocenters. The monoisotopic (exact) mass is 307 g/mol. The SMILES string of the molecule is CCc1nc2c(Cl)cc(Cl)c(Cl)c2c(Cl)c1C. The van der Waals surface area contributed by atoms with E-state index in [-0.39, 0.29) is 0 Å². The average Bonchev–Trinajstić information content (AvgIpc) is 2.29. The van der Waals surface area contributed by atoms with E-state index in [1.807, 2.05) is 13.8 Å². The summed E-state index contributed by atoms with van der Waals surface area (Å²) in [5.74, 6) is 0. The van der Waals surface area contributed by atoms with Crippen LogP contribution in [-0.4, -0.2) is 4.98 Å². The van der Waals surface area contributed by atoms with Gasteiger partial charge in [0, 0.05) is 11.1 Å². The third-order valence-corrected chi connectivity index (χ3v) is 4.26. The number of rotatable bonds is 1. The third kappa shape index (κ3) is 2.10. The van der Waals surface area contributed by atoms with Crippen molar-refractivity contribution >= 4 is 57.3 Å².